The first-order valence-electron chi connectivity index (χ1n) is 6.34. The van der Waals surface area contributed by atoms with Crippen LogP contribution < -0.4 is 10.7 Å². The van der Waals surface area contributed by atoms with Crippen molar-refractivity contribution in [2.45, 2.75) is 11.4 Å². The smallest absolute Gasteiger partial charge is 0.280 e. The Balaban J connectivity index is 2.17. The molecule has 8 nitrogen and oxygen atoms in total. The van der Waals surface area contributed by atoms with Crippen LogP contribution in [0.1, 0.15) is 5.56 Å². The van der Waals surface area contributed by atoms with Gasteiger partial charge in [-0.25, -0.2) is 13.6 Å². The molecule has 2 aromatic heterocycles. The number of nitrogens with zero attached hydrogens (tertiary/aromatic N) is 4. The minimum atomic E-state index is -3.87. The number of nitrogens with two attached hydrogens (primary N) is 1. The topological polar surface area (TPSA) is 113 Å². The Bertz CT molecular complexity index is 1020. The maximum Gasteiger partial charge on any atom is 0.280 e. The molecule has 0 spiro atoms. The van der Waals surface area contributed by atoms with E-state index >= 15 is 0 Å². The van der Waals surface area contributed by atoms with Gasteiger partial charge < -0.3 is 4.57 Å². The van der Waals surface area contributed by atoms with Crippen molar-refractivity contribution in [3.05, 3.63) is 52.8 Å². The minimum absolute atomic E-state index is 0.113. The van der Waals surface area contributed by atoms with Crippen LogP contribution in [0.4, 0.5) is 0 Å². The SMILES string of the molecule is Cn1cc(Cn2cnc(=O)c3cc(S(N)(=O)=O)ccc32)cn1. The molecule has 3 rings (SSSR count). The van der Waals surface area contributed by atoms with Crippen LogP contribution in [0.5, 0.6) is 0 Å². The highest BCUT2D eigenvalue weighted by Crippen LogP contribution is 2.16. The third kappa shape index (κ3) is 2.63. The van der Waals surface area contributed by atoms with Gasteiger partial charge in [0.15, 0.2) is 0 Å². The zero-order chi connectivity index (χ0) is 15.9. The summed E-state index contributed by atoms with van der Waals surface area (Å²) < 4.78 is 26.2. The number of hydrogen-bond acceptors (Lipinski definition) is 5. The summed E-state index contributed by atoms with van der Waals surface area (Å²) >= 11 is 0. The van der Waals surface area contributed by atoms with Gasteiger partial charge in [-0.3, -0.25) is 9.48 Å². The van der Waals surface area contributed by atoms with E-state index in [0.717, 1.165) is 5.56 Å². The summed E-state index contributed by atoms with van der Waals surface area (Å²) in [5, 5.41) is 9.38. The van der Waals surface area contributed by atoms with Gasteiger partial charge in [-0.05, 0) is 18.2 Å². The number of fused-ring (bicyclic) bond motifs is 1. The summed E-state index contributed by atoms with van der Waals surface area (Å²) in [6.45, 7) is 0.465. The quantitative estimate of drug-likeness (QED) is 0.720. The van der Waals surface area contributed by atoms with Crippen LogP contribution in [-0.4, -0.2) is 27.7 Å². The summed E-state index contributed by atoms with van der Waals surface area (Å²) in [4.78, 5) is 15.6. The molecule has 22 heavy (non-hydrogen) atoms. The lowest BCUT2D eigenvalue weighted by Gasteiger charge is -2.09. The molecule has 0 saturated carbocycles. The lowest BCUT2D eigenvalue weighted by Crippen LogP contribution is -2.16. The summed E-state index contributed by atoms with van der Waals surface area (Å²) in [5.74, 6) is 0. The first-order chi connectivity index (χ1) is 10.3. The molecule has 1 aromatic carbocycles. The second-order valence-corrected chi connectivity index (χ2v) is 6.49. The molecule has 0 atom stereocenters. The van der Waals surface area contributed by atoms with E-state index < -0.39 is 15.6 Å². The maximum absolute atomic E-state index is 11.9. The van der Waals surface area contributed by atoms with Crippen molar-refractivity contribution >= 4 is 20.9 Å². The molecule has 0 saturated heterocycles. The number of benzene rings is 1. The molecule has 114 valence electrons. The monoisotopic (exact) mass is 319 g/mol. The Morgan fingerprint density at radius 2 is 2.09 bits per heavy atom. The van der Waals surface area contributed by atoms with Gasteiger partial charge in [0.1, 0.15) is 0 Å². The van der Waals surface area contributed by atoms with E-state index in [9.17, 15) is 13.2 Å². The molecule has 0 aliphatic carbocycles. The molecule has 0 radical (unpaired) electrons. The van der Waals surface area contributed by atoms with E-state index in [1.807, 2.05) is 13.2 Å². The van der Waals surface area contributed by atoms with Gasteiger partial charge in [-0.15, -0.1) is 0 Å². The first kappa shape index (κ1) is 14.4. The maximum atomic E-state index is 11.9. The molecule has 2 N–H and O–H groups in total. The molecular formula is C13H13N5O3S. The van der Waals surface area contributed by atoms with Crippen LogP contribution in [0.3, 0.4) is 0 Å². The fraction of sp³-hybridized carbons (Fsp3) is 0.154. The largest absolute Gasteiger partial charge is 0.327 e. The zero-order valence-corrected chi connectivity index (χ0v) is 12.5. The van der Waals surface area contributed by atoms with Gasteiger partial charge in [0, 0.05) is 18.8 Å². The third-order valence-corrected chi connectivity index (χ3v) is 4.17. The Morgan fingerprint density at radius 3 is 2.73 bits per heavy atom. The molecule has 0 aliphatic rings. The number of aryl methyl sites for hydroxylation is 1. The lowest BCUT2D eigenvalue weighted by atomic mass is 10.2. The van der Waals surface area contributed by atoms with Gasteiger partial charge in [-0.1, -0.05) is 0 Å². The number of primary sulfonamides is 1. The molecule has 2 heterocycles. The summed E-state index contributed by atoms with van der Waals surface area (Å²) in [6, 6.07) is 4.17. The summed E-state index contributed by atoms with van der Waals surface area (Å²) in [7, 11) is -2.06. The van der Waals surface area contributed by atoms with E-state index in [1.165, 1.54) is 18.5 Å². The Morgan fingerprint density at radius 1 is 1.32 bits per heavy atom. The number of rotatable bonds is 3. The van der Waals surface area contributed by atoms with Crippen molar-refractivity contribution in [1.82, 2.24) is 19.3 Å². The van der Waals surface area contributed by atoms with E-state index in [-0.39, 0.29) is 10.3 Å². The van der Waals surface area contributed by atoms with Crippen molar-refractivity contribution in [1.29, 1.82) is 0 Å². The van der Waals surface area contributed by atoms with Crippen LogP contribution in [0.15, 0.2) is 46.6 Å². The van der Waals surface area contributed by atoms with Gasteiger partial charge >= 0.3 is 0 Å². The van der Waals surface area contributed by atoms with Gasteiger partial charge in [0.05, 0.1) is 34.9 Å². The van der Waals surface area contributed by atoms with Crippen LogP contribution >= 0.6 is 0 Å². The van der Waals surface area contributed by atoms with Crippen LogP contribution in [0.25, 0.3) is 10.9 Å². The first-order valence-corrected chi connectivity index (χ1v) is 7.89. The standard InChI is InChI=1S/C13H13N5O3S/c1-17-6-9(5-16-17)7-18-8-15-13(19)11-4-10(22(14,20)21)2-3-12(11)18/h2-6,8H,7H2,1H3,(H2,14,20,21). The Hall–Kier alpha value is -2.52. The highest BCUT2D eigenvalue weighted by atomic mass is 32.2. The summed E-state index contributed by atoms with van der Waals surface area (Å²) in [6.07, 6.45) is 4.99. The highest BCUT2D eigenvalue weighted by Gasteiger charge is 2.12. The number of aromatic nitrogens is 4. The fourth-order valence-electron chi connectivity index (χ4n) is 2.24. The van der Waals surface area contributed by atoms with Gasteiger partial charge in [0.25, 0.3) is 5.56 Å². The Kier molecular flexibility index (Phi) is 3.30. The molecular weight excluding hydrogens is 306 g/mol. The lowest BCUT2D eigenvalue weighted by molar-refractivity contribution is 0.598. The summed E-state index contributed by atoms with van der Waals surface area (Å²) in [5.41, 5.74) is 1.02. The zero-order valence-electron chi connectivity index (χ0n) is 11.7. The molecule has 0 amide bonds. The minimum Gasteiger partial charge on any atom is -0.327 e. The molecule has 3 aromatic rings. The van der Waals surface area contributed by atoms with Gasteiger partial charge in [-0.2, -0.15) is 10.1 Å². The van der Waals surface area contributed by atoms with Crippen molar-refractivity contribution in [2.24, 2.45) is 12.2 Å². The number of hydrogen-bond donors (Lipinski definition) is 1. The van der Waals surface area contributed by atoms with Crippen molar-refractivity contribution < 1.29 is 8.42 Å². The average molecular weight is 319 g/mol. The van der Waals surface area contributed by atoms with E-state index in [4.69, 9.17) is 5.14 Å². The Labute approximate surface area is 125 Å². The van der Waals surface area contributed by atoms with Crippen LogP contribution in [0.2, 0.25) is 0 Å². The van der Waals surface area contributed by atoms with Crippen molar-refractivity contribution in [3.8, 4) is 0 Å². The normalized spacial score (nSPS) is 11.9. The van der Waals surface area contributed by atoms with Gasteiger partial charge in [0.2, 0.25) is 10.0 Å². The fourth-order valence-corrected chi connectivity index (χ4v) is 2.78. The van der Waals surface area contributed by atoms with E-state index in [0.29, 0.717) is 12.1 Å². The predicted octanol–water partition coefficient (Wildman–Crippen LogP) is -0.174. The van der Waals surface area contributed by atoms with Crippen LogP contribution in [0, 0.1) is 0 Å². The molecule has 0 bridgehead atoms. The van der Waals surface area contributed by atoms with Crippen molar-refractivity contribution in [2.75, 3.05) is 0 Å². The number of sulfonamides is 1. The molecule has 9 heteroatoms. The second-order valence-electron chi connectivity index (χ2n) is 4.92. The highest BCUT2D eigenvalue weighted by molar-refractivity contribution is 7.89. The molecule has 0 unspecified atom stereocenters. The van der Waals surface area contributed by atoms with Crippen molar-refractivity contribution in [3.63, 3.8) is 0 Å². The molecule has 0 aliphatic heterocycles. The average Bonchev–Trinajstić information content (AvgIpc) is 2.86. The second kappa shape index (κ2) is 5.04. The van der Waals surface area contributed by atoms with E-state index in [1.54, 1.807) is 21.5 Å². The molecule has 0 fully saturated rings. The van der Waals surface area contributed by atoms with Crippen LogP contribution in [-0.2, 0) is 23.6 Å². The van der Waals surface area contributed by atoms with E-state index in [2.05, 4.69) is 10.1 Å². The third-order valence-electron chi connectivity index (χ3n) is 3.26. The predicted molar refractivity (Wildman–Crippen MR) is 79.7 cm³/mol.